The highest BCUT2D eigenvalue weighted by Gasteiger charge is 2.21. The zero-order valence-corrected chi connectivity index (χ0v) is 13.8. The first-order chi connectivity index (χ1) is 11.9. The molecule has 1 atom stereocenters. The molecule has 0 saturated carbocycles. The van der Waals surface area contributed by atoms with Gasteiger partial charge in [0.05, 0.1) is 11.3 Å². The quantitative estimate of drug-likeness (QED) is 0.581. The third-order valence-electron chi connectivity index (χ3n) is 3.50. The maximum absolute atomic E-state index is 12.1. The molecule has 25 heavy (non-hydrogen) atoms. The Morgan fingerprint density at radius 2 is 1.92 bits per heavy atom. The van der Waals surface area contributed by atoms with Crippen LogP contribution in [0.2, 0.25) is 5.02 Å². The Morgan fingerprint density at radius 1 is 1.20 bits per heavy atom. The summed E-state index contributed by atoms with van der Waals surface area (Å²) in [4.78, 5) is 33.7. The van der Waals surface area contributed by atoms with Crippen molar-refractivity contribution in [3.8, 4) is 0 Å². The summed E-state index contributed by atoms with van der Waals surface area (Å²) in [5.41, 5.74) is 0.900. The molecule has 0 radical (unpaired) electrons. The first-order valence-electron chi connectivity index (χ1n) is 7.35. The molecular weight excluding hydrogens is 348 g/mol. The van der Waals surface area contributed by atoms with Crippen molar-refractivity contribution >= 4 is 29.2 Å². The molecule has 2 aromatic carbocycles. The monoisotopic (exact) mass is 362 g/mol. The maximum Gasteiger partial charge on any atom is 0.326 e. The van der Waals surface area contributed by atoms with Crippen molar-refractivity contribution in [2.75, 3.05) is 0 Å². The van der Waals surface area contributed by atoms with Crippen molar-refractivity contribution in [1.82, 2.24) is 5.32 Å². The summed E-state index contributed by atoms with van der Waals surface area (Å²) in [7, 11) is 0. The third kappa shape index (κ3) is 5.29. The fourth-order valence-electron chi connectivity index (χ4n) is 2.29. The van der Waals surface area contributed by atoms with E-state index < -0.39 is 22.8 Å². The van der Waals surface area contributed by atoms with Gasteiger partial charge in [-0.2, -0.15) is 0 Å². The molecule has 0 aliphatic carbocycles. The summed E-state index contributed by atoms with van der Waals surface area (Å²) in [6.45, 7) is 0. The number of nitro groups is 1. The van der Waals surface area contributed by atoms with Gasteiger partial charge in [-0.25, -0.2) is 4.79 Å². The number of halogens is 1. The number of hydrogen-bond acceptors (Lipinski definition) is 4. The van der Waals surface area contributed by atoms with E-state index in [4.69, 9.17) is 11.6 Å². The number of nitrogens with zero attached hydrogens (tertiary/aromatic N) is 1. The van der Waals surface area contributed by atoms with Crippen molar-refractivity contribution in [3.63, 3.8) is 0 Å². The van der Waals surface area contributed by atoms with Gasteiger partial charge in [0.2, 0.25) is 5.91 Å². The number of nitro benzene ring substituents is 1. The number of nitrogens with one attached hydrogen (secondary N) is 1. The van der Waals surface area contributed by atoms with Crippen LogP contribution in [0.5, 0.6) is 0 Å². The van der Waals surface area contributed by atoms with Gasteiger partial charge in [0.15, 0.2) is 0 Å². The van der Waals surface area contributed by atoms with Crippen LogP contribution in [0.1, 0.15) is 11.1 Å². The second-order valence-corrected chi connectivity index (χ2v) is 5.76. The minimum absolute atomic E-state index is 0.0374. The number of carbonyl (C=O) groups is 2. The molecule has 0 aliphatic heterocycles. The van der Waals surface area contributed by atoms with Crippen LogP contribution in [0.15, 0.2) is 48.5 Å². The third-order valence-corrected chi connectivity index (χ3v) is 3.87. The number of carbonyl (C=O) groups excluding carboxylic acids is 1. The van der Waals surface area contributed by atoms with Crippen molar-refractivity contribution in [3.05, 3.63) is 74.8 Å². The second-order valence-electron chi connectivity index (χ2n) is 5.36. The summed E-state index contributed by atoms with van der Waals surface area (Å²) >= 11 is 6.02. The zero-order chi connectivity index (χ0) is 18.4. The largest absolute Gasteiger partial charge is 0.480 e. The number of carboxylic acid groups (broad SMARTS) is 1. The fourth-order valence-corrected chi connectivity index (χ4v) is 2.51. The molecule has 2 aromatic rings. The Balaban J connectivity index is 2.05. The van der Waals surface area contributed by atoms with Crippen molar-refractivity contribution < 1.29 is 19.6 Å². The molecule has 2 rings (SSSR count). The molecule has 2 N–H and O–H groups in total. The highest BCUT2D eigenvalue weighted by molar-refractivity contribution is 6.31. The van der Waals surface area contributed by atoms with Crippen LogP contribution in [-0.4, -0.2) is 27.9 Å². The van der Waals surface area contributed by atoms with E-state index in [-0.39, 0.29) is 18.5 Å². The Hall–Kier alpha value is -2.93. The number of non-ortho nitro benzene ring substituents is 1. The van der Waals surface area contributed by atoms with Gasteiger partial charge in [0, 0.05) is 23.6 Å². The Kier molecular flexibility index (Phi) is 6.08. The van der Waals surface area contributed by atoms with Crippen LogP contribution in [0.3, 0.4) is 0 Å². The van der Waals surface area contributed by atoms with Crippen LogP contribution >= 0.6 is 11.6 Å². The first kappa shape index (κ1) is 18.4. The summed E-state index contributed by atoms with van der Waals surface area (Å²) in [5, 5.41) is 22.9. The smallest absolute Gasteiger partial charge is 0.326 e. The molecule has 0 fully saturated rings. The molecule has 0 heterocycles. The van der Waals surface area contributed by atoms with Crippen molar-refractivity contribution in [1.29, 1.82) is 0 Å². The summed E-state index contributed by atoms with van der Waals surface area (Å²) < 4.78 is 0. The van der Waals surface area contributed by atoms with E-state index in [2.05, 4.69) is 5.32 Å². The fraction of sp³-hybridized carbons (Fsp3) is 0.176. The van der Waals surface area contributed by atoms with Crippen molar-refractivity contribution in [2.45, 2.75) is 18.9 Å². The van der Waals surface area contributed by atoms with E-state index in [1.165, 1.54) is 18.2 Å². The Morgan fingerprint density at radius 3 is 2.56 bits per heavy atom. The number of amides is 1. The number of aliphatic carboxylic acids is 1. The summed E-state index contributed by atoms with van der Waals surface area (Å²) in [5.74, 6) is -1.73. The molecular formula is C17H15ClN2O5. The predicted octanol–water partition coefficient (Wildman–Crippen LogP) is 2.60. The molecule has 8 heteroatoms. The highest BCUT2D eigenvalue weighted by Crippen LogP contribution is 2.17. The van der Waals surface area contributed by atoms with E-state index in [1.807, 2.05) is 0 Å². The van der Waals surface area contributed by atoms with Gasteiger partial charge in [-0.05, 0) is 17.2 Å². The number of carboxylic acids is 1. The van der Waals surface area contributed by atoms with Crippen LogP contribution < -0.4 is 5.32 Å². The molecule has 0 saturated heterocycles. The predicted molar refractivity (Wildman–Crippen MR) is 91.5 cm³/mol. The van der Waals surface area contributed by atoms with Gasteiger partial charge in [0.25, 0.3) is 5.69 Å². The molecule has 0 spiro atoms. The maximum atomic E-state index is 12.1. The van der Waals surface area contributed by atoms with E-state index >= 15 is 0 Å². The molecule has 0 aliphatic rings. The molecule has 1 amide bonds. The van der Waals surface area contributed by atoms with Gasteiger partial charge in [-0.3, -0.25) is 14.9 Å². The average molecular weight is 363 g/mol. The average Bonchev–Trinajstić information content (AvgIpc) is 2.56. The van der Waals surface area contributed by atoms with E-state index in [1.54, 1.807) is 30.3 Å². The van der Waals surface area contributed by atoms with E-state index in [0.29, 0.717) is 16.1 Å². The topological polar surface area (TPSA) is 110 Å². The van der Waals surface area contributed by atoms with Gasteiger partial charge in [0.1, 0.15) is 6.04 Å². The Labute approximate surface area is 148 Å². The lowest BCUT2D eigenvalue weighted by molar-refractivity contribution is -0.384. The number of benzene rings is 2. The van der Waals surface area contributed by atoms with Crippen LogP contribution in [0, 0.1) is 10.1 Å². The minimum Gasteiger partial charge on any atom is -0.480 e. The van der Waals surface area contributed by atoms with Gasteiger partial charge in [-0.15, -0.1) is 0 Å². The van der Waals surface area contributed by atoms with E-state index in [9.17, 15) is 24.8 Å². The normalized spacial score (nSPS) is 11.6. The SMILES string of the molecule is O=C(Cc1cccc([N+](=O)[O-])c1)N[C@H](Cc1ccccc1Cl)C(=O)O. The highest BCUT2D eigenvalue weighted by atomic mass is 35.5. The zero-order valence-electron chi connectivity index (χ0n) is 13.0. The number of rotatable bonds is 7. The van der Waals surface area contributed by atoms with Crippen LogP contribution in [0.25, 0.3) is 0 Å². The Bertz CT molecular complexity index is 809. The second kappa shape index (κ2) is 8.25. The molecule has 0 aromatic heterocycles. The van der Waals surface area contributed by atoms with Gasteiger partial charge < -0.3 is 10.4 Å². The lowest BCUT2D eigenvalue weighted by Crippen LogP contribution is -2.43. The first-order valence-corrected chi connectivity index (χ1v) is 7.73. The van der Waals surface area contributed by atoms with Crippen LogP contribution in [-0.2, 0) is 22.4 Å². The van der Waals surface area contributed by atoms with Gasteiger partial charge in [-0.1, -0.05) is 41.9 Å². The minimum atomic E-state index is -1.19. The standard InChI is InChI=1S/C17H15ClN2O5/c18-14-7-2-1-5-12(14)10-15(17(22)23)19-16(21)9-11-4-3-6-13(8-11)20(24)25/h1-8,15H,9-10H2,(H,19,21)(H,22,23)/t15-/m1/s1. The molecule has 7 nitrogen and oxygen atoms in total. The molecule has 130 valence electrons. The van der Waals surface area contributed by atoms with Crippen LogP contribution in [0.4, 0.5) is 5.69 Å². The summed E-state index contributed by atoms with van der Waals surface area (Å²) in [6, 6.07) is 11.3. The lowest BCUT2D eigenvalue weighted by atomic mass is 10.1. The lowest BCUT2D eigenvalue weighted by Gasteiger charge is -2.15. The molecule has 0 bridgehead atoms. The molecule has 0 unspecified atom stereocenters. The summed E-state index contributed by atoms with van der Waals surface area (Å²) in [6.07, 6.45) is -0.121. The van der Waals surface area contributed by atoms with Crippen molar-refractivity contribution in [2.24, 2.45) is 0 Å². The van der Waals surface area contributed by atoms with E-state index in [0.717, 1.165) is 0 Å². The number of hydrogen-bond donors (Lipinski definition) is 2. The van der Waals surface area contributed by atoms with Gasteiger partial charge >= 0.3 is 5.97 Å².